The summed E-state index contributed by atoms with van der Waals surface area (Å²) < 4.78 is 4.56. The molecular weight excluding hydrogens is 226 g/mol. The normalized spacial score (nSPS) is 15.9. The second kappa shape index (κ2) is 5.16. The summed E-state index contributed by atoms with van der Waals surface area (Å²) in [5.41, 5.74) is 0.248. The van der Waals surface area contributed by atoms with Crippen LogP contribution in [0.1, 0.15) is 10.5 Å². The largest absolute Gasteiger partial charge is 0.464 e. The van der Waals surface area contributed by atoms with Gasteiger partial charge in [0.15, 0.2) is 5.69 Å². The van der Waals surface area contributed by atoms with Gasteiger partial charge in [0.25, 0.3) is 0 Å². The van der Waals surface area contributed by atoms with Crippen molar-refractivity contribution in [2.24, 2.45) is 0 Å². The second-order valence-corrected chi connectivity index (χ2v) is 4.58. The van der Waals surface area contributed by atoms with E-state index >= 15 is 0 Å². The molecule has 1 aliphatic heterocycles. The molecule has 0 spiro atoms. The van der Waals surface area contributed by atoms with Gasteiger partial charge in [-0.1, -0.05) is 0 Å². The van der Waals surface area contributed by atoms with Crippen molar-refractivity contribution in [1.82, 2.24) is 9.97 Å². The van der Waals surface area contributed by atoms with Crippen molar-refractivity contribution in [2.45, 2.75) is 0 Å². The van der Waals surface area contributed by atoms with Crippen molar-refractivity contribution >= 4 is 23.5 Å². The summed E-state index contributed by atoms with van der Waals surface area (Å²) in [6.07, 6.45) is 3.09. The van der Waals surface area contributed by atoms with E-state index < -0.39 is 5.97 Å². The molecule has 0 bridgehead atoms. The number of ether oxygens (including phenoxy) is 1. The van der Waals surface area contributed by atoms with E-state index in [1.165, 1.54) is 13.3 Å². The Balaban J connectivity index is 2.09. The maximum atomic E-state index is 11.2. The average Bonchev–Trinajstić information content (AvgIpc) is 2.39. The van der Waals surface area contributed by atoms with Gasteiger partial charge in [0.2, 0.25) is 0 Å². The SMILES string of the molecule is COC(=O)c1cnc(N2CCSCC2)cn1. The fourth-order valence-corrected chi connectivity index (χ4v) is 2.39. The number of carbonyl (C=O) groups is 1. The summed E-state index contributed by atoms with van der Waals surface area (Å²) in [7, 11) is 1.33. The Morgan fingerprint density at radius 2 is 2.12 bits per heavy atom. The highest BCUT2D eigenvalue weighted by molar-refractivity contribution is 7.99. The first kappa shape index (κ1) is 11.2. The number of nitrogens with zero attached hydrogens (tertiary/aromatic N) is 3. The van der Waals surface area contributed by atoms with Gasteiger partial charge in [0, 0.05) is 24.6 Å². The number of methoxy groups -OCH3 is 1. The van der Waals surface area contributed by atoms with Gasteiger partial charge in [-0.3, -0.25) is 0 Å². The smallest absolute Gasteiger partial charge is 0.358 e. The summed E-state index contributed by atoms with van der Waals surface area (Å²) >= 11 is 1.94. The highest BCUT2D eigenvalue weighted by Crippen LogP contribution is 2.15. The van der Waals surface area contributed by atoms with Crippen LogP contribution in [0.4, 0.5) is 5.82 Å². The van der Waals surface area contributed by atoms with Crippen LogP contribution >= 0.6 is 11.8 Å². The summed E-state index contributed by atoms with van der Waals surface area (Å²) in [4.78, 5) is 21.6. The summed E-state index contributed by atoms with van der Waals surface area (Å²) in [6.45, 7) is 1.97. The van der Waals surface area contributed by atoms with Crippen LogP contribution in [0.25, 0.3) is 0 Å². The zero-order valence-electron chi connectivity index (χ0n) is 9.05. The minimum atomic E-state index is -0.451. The number of thioether (sulfide) groups is 1. The first-order valence-electron chi connectivity index (χ1n) is 5.04. The molecule has 0 amide bonds. The number of anilines is 1. The monoisotopic (exact) mass is 239 g/mol. The zero-order chi connectivity index (χ0) is 11.4. The molecule has 1 aliphatic rings. The van der Waals surface area contributed by atoms with E-state index in [1.54, 1.807) is 6.20 Å². The number of esters is 1. The van der Waals surface area contributed by atoms with Crippen LogP contribution in [0.3, 0.4) is 0 Å². The maximum Gasteiger partial charge on any atom is 0.358 e. The van der Waals surface area contributed by atoms with Gasteiger partial charge in [-0.25, -0.2) is 14.8 Å². The predicted octanol–water partition coefficient (Wildman–Crippen LogP) is 0.816. The van der Waals surface area contributed by atoms with Crippen molar-refractivity contribution in [2.75, 3.05) is 36.6 Å². The zero-order valence-corrected chi connectivity index (χ0v) is 9.87. The highest BCUT2D eigenvalue weighted by atomic mass is 32.2. The molecule has 0 radical (unpaired) electrons. The second-order valence-electron chi connectivity index (χ2n) is 3.35. The Bertz CT molecular complexity index is 363. The van der Waals surface area contributed by atoms with Gasteiger partial charge < -0.3 is 9.64 Å². The lowest BCUT2D eigenvalue weighted by molar-refractivity contribution is 0.0593. The molecule has 0 aromatic carbocycles. The first-order chi connectivity index (χ1) is 7.81. The molecule has 2 rings (SSSR count). The molecule has 86 valence electrons. The van der Waals surface area contributed by atoms with E-state index in [0.29, 0.717) is 0 Å². The molecule has 5 nitrogen and oxygen atoms in total. The molecule has 16 heavy (non-hydrogen) atoms. The molecule has 1 aromatic heterocycles. The fraction of sp³-hybridized carbons (Fsp3) is 0.500. The van der Waals surface area contributed by atoms with Gasteiger partial charge in [-0.05, 0) is 0 Å². The Morgan fingerprint density at radius 3 is 2.69 bits per heavy atom. The standard InChI is InChI=1S/C10H13N3O2S/c1-15-10(14)8-6-12-9(7-11-8)13-2-4-16-5-3-13/h6-7H,2-5H2,1H3. The van der Waals surface area contributed by atoms with Crippen molar-refractivity contribution in [3.05, 3.63) is 18.1 Å². The molecule has 0 aliphatic carbocycles. The van der Waals surface area contributed by atoms with E-state index in [2.05, 4.69) is 19.6 Å². The lowest BCUT2D eigenvalue weighted by Crippen LogP contribution is -2.33. The maximum absolute atomic E-state index is 11.2. The van der Waals surface area contributed by atoms with Gasteiger partial charge >= 0.3 is 5.97 Å². The number of rotatable bonds is 2. The Kier molecular flexibility index (Phi) is 3.61. The van der Waals surface area contributed by atoms with Crippen LogP contribution in [0, 0.1) is 0 Å². The van der Waals surface area contributed by atoms with E-state index in [0.717, 1.165) is 30.4 Å². The number of aromatic nitrogens is 2. The molecule has 1 fully saturated rings. The third kappa shape index (κ3) is 2.44. The minimum Gasteiger partial charge on any atom is -0.464 e. The van der Waals surface area contributed by atoms with Crippen LogP contribution in [-0.2, 0) is 4.74 Å². The van der Waals surface area contributed by atoms with E-state index in [9.17, 15) is 4.79 Å². The first-order valence-corrected chi connectivity index (χ1v) is 6.20. The van der Waals surface area contributed by atoms with Crippen molar-refractivity contribution in [3.8, 4) is 0 Å². The molecule has 1 aromatic rings. The minimum absolute atomic E-state index is 0.248. The average molecular weight is 239 g/mol. The van der Waals surface area contributed by atoms with Gasteiger partial charge in [0.05, 0.1) is 19.5 Å². The molecule has 1 saturated heterocycles. The summed E-state index contributed by atoms with van der Waals surface area (Å²) in [5.74, 6) is 2.60. The molecule has 6 heteroatoms. The predicted molar refractivity (Wildman–Crippen MR) is 62.9 cm³/mol. The number of hydrogen-bond donors (Lipinski definition) is 0. The Hall–Kier alpha value is -1.30. The van der Waals surface area contributed by atoms with Gasteiger partial charge in [0.1, 0.15) is 5.82 Å². The number of carbonyl (C=O) groups excluding carboxylic acids is 1. The van der Waals surface area contributed by atoms with E-state index in [1.807, 2.05) is 11.8 Å². The quantitative estimate of drug-likeness (QED) is 0.712. The molecule has 0 N–H and O–H groups in total. The van der Waals surface area contributed by atoms with E-state index in [4.69, 9.17) is 0 Å². The Labute approximate surface area is 98.2 Å². The number of hydrogen-bond acceptors (Lipinski definition) is 6. The van der Waals surface area contributed by atoms with Crippen LogP contribution in [-0.4, -0.2) is 47.6 Å². The molecule has 2 heterocycles. The fourth-order valence-electron chi connectivity index (χ4n) is 1.49. The summed E-state index contributed by atoms with van der Waals surface area (Å²) in [5, 5.41) is 0. The molecular formula is C10H13N3O2S. The lowest BCUT2D eigenvalue weighted by atomic mass is 10.4. The molecule has 0 unspecified atom stereocenters. The van der Waals surface area contributed by atoms with Gasteiger partial charge in [-0.2, -0.15) is 11.8 Å². The molecule has 0 atom stereocenters. The third-order valence-electron chi connectivity index (χ3n) is 2.37. The van der Waals surface area contributed by atoms with Crippen LogP contribution in [0.2, 0.25) is 0 Å². The highest BCUT2D eigenvalue weighted by Gasteiger charge is 2.14. The third-order valence-corrected chi connectivity index (χ3v) is 3.31. The molecule has 0 saturated carbocycles. The van der Waals surface area contributed by atoms with Crippen LogP contribution < -0.4 is 4.90 Å². The van der Waals surface area contributed by atoms with Crippen LogP contribution in [0.5, 0.6) is 0 Å². The lowest BCUT2D eigenvalue weighted by Gasteiger charge is -2.26. The van der Waals surface area contributed by atoms with Gasteiger partial charge in [-0.15, -0.1) is 0 Å². The topological polar surface area (TPSA) is 55.3 Å². The summed E-state index contributed by atoms with van der Waals surface area (Å²) in [6, 6.07) is 0. The van der Waals surface area contributed by atoms with Crippen molar-refractivity contribution in [3.63, 3.8) is 0 Å². The van der Waals surface area contributed by atoms with Crippen molar-refractivity contribution in [1.29, 1.82) is 0 Å². The van der Waals surface area contributed by atoms with Crippen LogP contribution in [0.15, 0.2) is 12.4 Å². The van der Waals surface area contributed by atoms with E-state index in [-0.39, 0.29) is 5.69 Å². The Morgan fingerprint density at radius 1 is 1.38 bits per heavy atom. The van der Waals surface area contributed by atoms with Crippen molar-refractivity contribution < 1.29 is 9.53 Å².